The van der Waals surface area contributed by atoms with Gasteiger partial charge in [0.1, 0.15) is 11.5 Å². The molecule has 3 aromatic rings. The lowest BCUT2D eigenvalue weighted by Crippen LogP contribution is -2.10. The van der Waals surface area contributed by atoms with Crippen molar-refractivity contribution in [1.29, 1.82) is 5.26 Å². The monoisotopic (exact) mass is 366 g/mol. The number of aromatic nitrogens is 2. The molecule has 3 rings (SSSR count). The summed E-state index contributed by atoms with van der Waals surface area (Å²) >= 11 is 1.00. The average Bonchev–Trinajstić information content (AvgIpc) is 3.21. The number of ketones is 1. The number of carbonyl (C=O) groups excluding carboxylic acids is 2. The van der Waals surface area contributed by atoms with E-state index in [1.54, 1.807) is 31.2 Å². The van der Waals surface area contributed by atoms with Crippen molar-refractivity contribution < 1.29 is 14.0 Å². The molecule has 1 aromatic carbocycles. The van der Waals surface area contributed by atoms with Crippen LogP contribution in [0.2, 0.25) is 0 Å². The van der Waals surface area contributed by atoms with Gasteiger partial charge < -0.3 is 4.42 Å². The molecule has 0 aliphatic carbocycles. The molecule has 0 saturated carbocycles. The summed E-state index contributed by atoms with van der Waals surface area (Å²) < 4.78 is 9.58. The van der Waals surface area contributed by atoms with Crippen LogP contribution in [0.4, 0.5) is 5.13 Å². The van der Waals surface area contributed by atoms with Gasteiger partial charge in [0, 0.05) is 17.1 Å². The standard InChI is InChI=1S/C18H14N4O3S/c1-10(23)6-16-20-18(26-22-16)21-17(24)15-8-14(11(2)25-15)13-5-3-4-12(7-13)9-19/h3-5,7-8H,6H2,1-2H3,(H,20,21,22,24). The maximum Gasteiger partial charge on any atom is 0.293 e. The molecule has 0 aliphatic rings. The molecule has 130 valence electrons. The van der Waals surface area contributed by atoms with Gasteiger partial charge in [0.05, 0.1) is 18.1 Å². The second kappa shape index (κ2) is 7.29. The number of furan rings is 1. The third-order valence-electron chi connectivity index (χ3n) is 3.54. The maximum atomic E-state index is 12.4. The van der Waals surface area contributed by atoms with Crippen LogP contribution in [0.3, 0.4) is 0 Å². The van der Waals surface area contributed by atoms with Gasteiger partial charge >= 0.3 is 0 Å². The summed E-state index contributed by atoms with van der Waals surface area (Å²) in [5.74, 6) is 0.568. The third kappa shape index (κ3) is 3.84. The summed E-state index contributed by atoms with van der Waals surface area (Å²) in [4.78, 5) is 27.6. The fourth-order valence-electron chi connectivity index (χ4n) is 2.39. The van der Waals surface area contributed by atoms with Crippen LogP contribution in [-0.2, 0) is 11.2 Å². The lowest BCUT2D eigenvalue weighted by atomic mass is 10.0. The topological polar surface area (TPSA) is 109 Å². The number of amides is 1. The van der Waals surface area contributed by atoms with Gasteiger partial charge in [-0.1, -0.05) is 12.1 Å². The van der Waals surface area contributed by atoms with E-state index < -0.39 is 5.91 Å². The van der Waals surface area contributed by atoms with E-state index in [4.69, 9.17) is 9.68 Å². The zero-order valence-electron chi connectivity index (χ0n) is 14.1. The van der Waals surface area contributed by atoms with Crippen molar-refractivity contribution in [2.75, 3.05) is 5.32 Å². The number of benzene rings is 1. The number of Topliss-reactive ketones (excluding diaryl/α,β-unsaturated/α-hetero) is 1. The molecule has 7 nitrogen and oxygen atoms in total. The lowest BCUT2D eigenvalue weighted by Gasteiger charge is -1.98. The van der Waals surface area contributed by atoms with E-state index in [-0.39, 0.29) is 18.0 Å². The molecule has 0 atom stereocenters. The molecule has 2 aromatic heterocycles. The van der Waals surface area contributed by atoms with Crippen LogP contribution in [0.15, 0.2) is 34.7 Å². The smallest absolute Gasteiger partial charge is 0.293 e. The van der Waals surface area contributed by atoms with Crippen molar-refractivity contribution in [1.82, 2.24) is 9.36 Å². The average molecular weight is 366 g/mol. The predicted octanol–water partition coefficient (Wildman–Crippen LogP) is 3.36. The first-order valence-corrected chi connectivity index (χ1v) is 8.48. The molecule has 0 spiro atoms. The molecule has 0 unspecified atom stereocenters. The number of nitriles is 1. The summed E-state index contributed by atoms with van der Waals surface area (Å²) in [5, 5.41) is 11.9. The zero-order valence-corrected chi connectivity index (χ0v) is 14.9. The Morgan fingerprint density at radius 3 is 2.88 bits per heavy atom. The number of hydrogen-bond acceptors (Lipinski definition) is 7. The first-order chi connectivity index (χ1) is 12.5. The first-order valence-electron chi connectivity index (χ1n) is 7.70. The van der Waals surface area contributed by atoms with Crippen LogP contribution in [0.5, 0.6) is 0 Å². The van der Waals surface area contributed by atoms with Crippen molar-refractivity contribution in [3.63, 3.8) is 0 Å². The highest BCUT2D eigenvalue weighted by atomic mass is 32.1. The molecule has 1 N–H and O–H groups in total. The van der Waals surface area contributed by atoms with Crippen LogP contribution in [-0.4, -0.2) is 21.0 Å². The summed E-state index contributed by atoms with van der Waals surface area (Å²) in [6, 6.07) is 10.8. The maximum absolute atomic E-state index is 12.4. The van der Waals surface area contributed by atoms with E-state index in [1.165, 1.54) is 6.92 Å². The second-order valence-electron chi connectivity index (χ2n) is 5.62. The van der Waals surface area contributed by atoms with Crippen molar-refractivity contribution in [2.24, 2.45) is 0 Å². The van der Waals surface area contributed by atoms with E-state index in [1.807, 2.05) is 6.07 Å². The predicted molar refractivity (Wildman–Crippen MR) is 95.8 cm³/mol. The number of rotatable bonds is 5. The fourth-order valence-corrected chi connectivity index (χ4v) is 2.98. The lowest BCUT2D eigenvalue weighted by molar-refractivity contribution is -0.116. The molecule has 2 heterocycles. The molecule has 8 heteroatoms. The Labute approximate surface area is 153 Å². The number of hydrogen-bond donors (Lipinski definition) is 1. The Hall–Kier alpha value is -3.31. The molecule has 1 amide bonds. The van der Waals surface area contributed by atoms with Crippen molar-refractivity contribution in [3.8, 4) is 17.2 Å². The Balaban J connectivity index is 1.79. The molecule has 0 radical (unpaired) electrons. The number of carbonyl (C=O) groups is 2. The first kappa shape index (κ1) is 17.5. The van der Waals surface area contributed by atoms with E-state index in [0.717, 1.165) is 22.7 Å². The SMILES string of the molecule is CC(=O)Cc1nsc(NC(=O)c2cc(-c3cccc(C#N)c3)c(C)o2)n1. The fraction of sp³-hybridized carbons (Fsp3) is 0.167. The summed E-state index contributed by atoms with van der Waals surface area (Å²) in [6.45, 7) is 3.20. The Morgan fingerprint density at radius 1 is 1.35 bits per heavy atom. The quantitative estimate of drug-likeness (QED) is 0.741. The Bertz CT molecular complexity index is 1030. The molecule has 0 bridgehead atoms. The number of nitrogens with one attached hydrogen (secondary N) is 1. The van der Waals surface area contributed by atoms with Crippen LogP contribution in [0.1, 0.15) is 34.6 Å². The van der Waals surface area contributed by atoms with Gasteiger partial charge in [-0.3, -0.25) is 14.9 Å². The van der Waals surface area contributed by atoms with Crippen molar-refractivity contribution in [2.45, 2.75) is 20.3 Å². The molecule has 26 heavy (non-hydrogen) atoms. The van der Waals surface area contributed by atoms with Crippen molar-refractivity contribution in [3.05, 3.63) is 53.2 Å². The highest BCUT2D eigenvalue weighted by molar-refractivity contribution is 7.09. The van der Waals surface area contributed by atoms with Gasteiger partial charge in [0.15, 0.2) is 11.6 Å². The summed E-state index contributed by atoms with van der Waals surface area (Å²) in [6.07, 6.45) is 0.131. The van der Waals surface area contributed by atoms with Gasteiger partial charge in [0.2, 0.25) is 5.13 Å². The molecule has 0 saturated heterocycles. The molecule has 0 fully saturated rings. The van der Waals surface area contributed by atoms with Crippen molar-refractivity contribution >= 4 is 28.4 Å². The van der Waals surface area contributed by atoms with E-state index in [9.17, 15) is 9.59 Å². The largest absolute Gasteiger partial charge is 0.456 e. The minimum absolute atomic E-state index is 0.0495. The van der Waals surface area contributed by atoms with Gasteiger partial charge in [-0.2, -0.15) is 9.64 Å². The molecular formula is C18H14N4O3S. The van der Waals surface area contributed by atoms with E-state index in [0.29, 0.717) is 22.3 Å². The normalized spacial score (nSPS) is 10.3. The van der Waals surface area contributed by atoms with Gasteiger partial charge in [0.25, 0.3) is 5.91 Å². The zero-order chi connectivity index (χ0) is 18.7. The van der Waals surface area contributed by atoms with Crippen LogP contribution in [0.25, 0.3) is 11.1 Å². The minimum atomic E-state index is -0.457. The number of aryl methyl sites for hydroxylation is 1. The highest BCUT2D eigenvalue weighted by Crippen LogP contribution is 2.28. The Kier molecular flexibility index (Phi) is 4.91. The summed E-state index contributed by atoms with van der Waals surface area (Å²) in [5.41, 5.74) is 2.06. The number of nitrogens with zero attached hydrogens (tertiary/aromatic N) is 3. The minimum Gasteiger partial charge on any atom is -0.456 e. The third-order valence-corrected chi connectivity index (χ3v) is 4.21. The summed E-state index contributed by atoms with van der Waals surface area (Å²) in [7, 11) is 0. The Morgan fingerprint density at radius 2 is 2.15 bits per heavy atom. The molecular weight excluding hydrogens is 352 g/mol. The van der Waals surface area contributed by atoms with E-state index in [2.05, 4.69) is 20.7 Å². The van der Waals surface area contributed by atoms with Gasteiger partial charge in [-0.05, 0) is 37.6 Å². The van der Waals surface area contributed by atoms with E-state index >= 15 is 0 Å². The van der Waals surface area contributed by atoms with Gasteiger partial charge in [-0.25, -0.2) is 4.98 Å². The van der Waals surface area contributed by atoms with Crippen LogP contribution >= 0.6 is 11.5 Å². The van der Waals surface area contributed by atoms with Crippen LogP contribution in [0, 0.1) is 18.3 Å². The second-order valence-corrected chi connectivity index (χ2v) is 6.37. The van der Waals surface area contributed by atoms with Gasteiger partial charge in [-0.15, -0.1) is 0 Å². The molecule has 0 aliphatic heterocycles. The number of anilines is 1. The van der Waals surface area contributed by atoms with Crippen LogP contribution < -0.4 is 5.32 Å². The highest BCUT2D eigenvalue weighted by Gasteiger charge is 2.18.